The van der Waals surface area contributed by atoms with E-state index in [1.54, 1.807) is 0 Å². The molecule has 0 aromatic heterocycles. The van der Waals surface area contributed by atoms with E-state index in [0.29, 0.717) is 19.3 Å². The van der Waals surface area contributed by atoms with E-state index in [4.69, 9.17) is 14.2 Å². The predicted octanol–water partition coefficient (Wildman–Crippen LogP) is 14.3. The average Bonchev–Trinajstić information content (AvgIpc) is 3.14. The molecule has 308 valence electrons. The number of esters is 3. The molecule has 1 unspecified atom stereocenters. The number of unbranched alkanes of at least 4 members (excludes halogenated alkanes) is 27. The molecule has 0 saturated heterocycles. The third-order valence-corrected chi connectivity index (χ3v) is 10.7. The van der Waals surface area contributed by atoms with E-state index in [1.165, 1.54) is 148 Å². The summed E-state index contributed by atoms with van der Waals surface area (Å²) in [7, 11) is 0. The van der Waals surface area contributed by atoms with Gasteiger partial charge in [-0.15, -0.1) is 0 Å². The lowest BCUT2D eigenvalue weighted by molar-refractivity contribution is -0.167. The van der Waals surface area contributed by atoms with Crippen LogP contribution in [-0.4, -0.2) is 37.2 Å². The standard InChI is InChI=1S/C46H88O6/c1-5-8-10-12-14-16-17-22-25-29-33-37-44(47)50-40-43(52-46(49)39-35-31-27-20-15-13-11-9-6-2)41-51-45(48)38-34-30-26-23-19-18-21-24-28-32-36-42(4)7-3/h42-43H,5-41H2,1-4H3/t42?,43-/m0/s1. The second-order valence-corrected chi connectivity index (χ2v) is 15.9. The minimum atomic E-state index is -0.758. The Bertz CT molecular complexity index is 783. The maximum Gasteiger partial charge on any atom is 0.306 e. The van der Waals surface area contributed by atoms with Gasteiger partial charge in [0.2, 0.25) is 0 Å². The lowest BCUT2D eigenvalue weighted by Crippen LogP contribution is -2.30. The third-order valence-electron chi connectivity index (χ3n) is 10.7. The van der Waals surface area contributed by atoms with Crippen molar-refractivity contribution in [2.45, 2.75) is 259 Å². The van der Waals surface area contributed by atoms with Crippen molar-refractivity contribution in [1.82, 2.24) is 0 Å². The van der Waals surface area contributed by atoms with Crippen LogP contribution in [-0.2, 0) is 28.6 Å². The molecule has 0 aromatic carbocycles. The van der Waals surface area contributed by atoms with Crippen LogP contribution in [0.3, 0.4) is 0 Å². The highest BCUT2D eigenvalue weighted by Gasteiger charge is 2.19. The van der Waals surface area contributed by atoms with Crippen LogP contribution in [0.5, 0.6) is 0 Å². The van der Waals surface area contributed by atoms with E-state index >= 15 is 0 Å². The molecule has 0 aromatic rings. The zero-order valence-corrected chi connectivity index (χ0v) is 35.3. The van der Waals surface area contributed by atoms with Gasteiger partial charge < -0.3 is 14.2 Å². The molecule has 0 radical (unpaired) electrons. The third kappa shape index (κ3) is 38.1. The van der Waals surface area contributed by atoms with Crippen LogP contribution in [0.2, 0.25) is 0 Å². The van der Waals surface area contributed by atoms with Crippen LogP contribution in [0.15, 0.2) is 0 Å². The van der Waals surface area contributed by atoms with Crippen LogP contribution in [0.25, 0.3) is 0 Å². The Morgan fingerprint density at radius 1 is 0.385 bits per heavy atom. The molecule has 0 aliphatic heterocycles. The van der Waals surface area contributed by atoms with E-state index in [9.17, 15) is 14.4 Å². The average molecular weight is 737 g/mol. The summed E-state index contributed by atoms with van der Waals surface area (Å²) in [6.45, 7) is 9.00. The van der Waals surface area contributed by atoms with Gasteiger partial charge in [-0.25, -0.2) is 0 Å². The lowest BCUT2D eigenvalue weighted by Gasteiger charge is -2.18. The van der Waals surface area contributed by atoms with E-state index < -0.39 is 6.10 Å². The van der Waals surface area contributed by atoms with Crippen molar-refractivity contribution in [3.63, 3.8) is 0 Å². The summed E-state index contributed by atoms with van der Waals surface area (Å²) >= 11 is 0. The molecule has 52 heavy (non-hydrogen) atoms. The van der Waals surface area contributed by atoms with Crippen molar-refractivity contribution in [2.24, 2.45) is 5.92 Å². The van der Waals surface area contributed by atoms with Crippen LogP contribution in [0.4, 0.5) is 0 Å². The summed E-state index contributed by atoms with van der Waals surface area (Å²) in [6, 6.07) is 0. The van der Waals surface area contributed by atoms with Gasteiger partial charge in [-0.2, -0.15) is 0 Å². The fourth-order valence-corrected chi connectivity index (χ4v) is 6.77. The Labute approximate surface area is 323 Å². The molecule has 6 heteroatoms. The number of carbonyl (C=O) groups excluding carboxylic acids is 3. The molecule has 0 spiro atoms. The van der Waals surface area contributed by atoms with Crippen LogP contribution < -0.4 is 0 Å². The minimum absolute atomic E-state index is 0.0640. The summed E-state index contributed by atoms with van der Waals surface area (Å²) in [6.07, 6.45) is 39.3. The molecule has 0 bridgehead atoms. The molecule has 0 saturated carbocycles. The Hall–Kier alpha value is -1.59. The molecule has 6 nitrogen and oxygen atoms in total. The quantitative estimate of drug-likeness (QED) is 0.0353. The number of hydrogen-bond donors (Lipinski definition) is 0. The second kappa shape index (κ2) is 40.6. The highest BCUT2D eigenvalue weighted by molar-refractivity contribution is 5.71. The Kier molecular flexibility index (Phi) is 39.4. The van der Waals surface area contributed by atoms with E-state index in [0.717, 1.165) is 63.7 Å². The Balaban J connectivity index is 4.30. The molecule has 0 fully saturated rings. The van der Waals surface area contributed by atoms with Gasteiger partial charge in [-0.05, 0) is 25.2 Å². The van der Waals surface area contributed by atoms with E-state index in [2.05, 4.69) is 27.7 Å². The first-order chi connectivity index (χ1) is 25.4. The zero-order valence-electron chi connectivity index (χ0n) is 35.3. The minimum Gasteiger partial charge on any atom is -0.462 e. The summed E-state index contributed by atoms with van der Waals surface area (Å²) in [5, 5.41) is 0. The number of ether oxygens (including phenoxy) is 3. The fourth-order valence-electron chi connectivity index (χ4n) is 6.77. The van der Waals surface area contributed by atoms with E-state index in [1.807, 2.05) is 0 Å². The molecular weight excluding hydrogens is 648 g/mol. The van der Waals surface area contributed by atoms with Crippen molar-refractivity contribution in [2.75, 3.05) is 13.2 Å². The predicted molar refractivity (Wildman–Crippen MR) is 220 cm³/mol. The van der Waals surface area contributed by atoms with Crippen molar-refractivity contribution in [3.8, 4) is 0 Å². The maximum absolute atomic E-state index is 12.7. The highest BCUT2D eigenvalue weighted by Crippen LogP contribution is 2.17. The Morgan fingerprint density at radius 3 is 1.00 bits per heavy atom. The van der Waals surface area contributed by atoms with Crippen molar-refractivity contribution in [1.29, 1.82) is 0 Å². The second-order valence-electron chi connectivity index (χ2n) is 15.9. The van der Waals surface area contributed by atoms with Crippen molar-refractivity contribution >= 4 is 17.9 Å². The molecule has 0 rings (SSSR count). The zero-order chi connectivity index (χ0) is 38.2. The highest BCUT2D eigenvalue weighted by atomic mass is 16.6. The first-order valence-electron chi connectivity index (χ1n) is 22.9. The first-order valence-corrected chi connectivity index (χ1v) is 22.9. The maximum atomic E-state index is 12.7. The van der Waals surface area contributed by atoms with Gasteiger partial charge in [0.1, 0.15) is 13.2 Å². The number of hydrogen-bond acceptors (Lipinski definition) is 6. The van der Waals surface area contributed by atoms with Crippen LogP contribution in [0, 0.1) is 5.92 Å². The summed E-state index contributed by atoms with van der Waals surface area (Å²) < 4.78 is 16.7. The summed E-state index contributed by atoms with van der Waals surface area (Å²) in [4.78, 5) is 37.6. The van der Waals surface area contributed by atoms with Gasteiger partial charge >= 0.3 is 17.9 Å². The smallest absolute Gasteiger partial charge is 0.306 e. The summed E-state index contributed by atoms with van der Waals surface area (Å²) in [5.74, 6) is 0.0129. The molecule has 2 atom stereocenters. The van der Waals surface area contributed by atoms with Gasteiger partial charge in [0.15, 0.2) is 6.10 Å². The molecule has 0 amide bonds. The van der Waals surface area contributed by atoms with Gasteiger partial charge in [0, 0.05) is 19.3 Å². The molecule has 0 aliphatic rings. The van der Waals surface area contributed by atoms with Gasteiger partial charge in [0.25, 0.3) is 0 Å². The molecule has 0 aliphatic carbocycles. The Morgan fingerprint density at radius 2 is 0.673 bits per heavy atom. The van der Waals surface area contributed by atoms with Crippen molar-refractivity contribution in [3.05, 3.63) is 0 Å². The van der Waals surface area contributed by atoms with E-state index in [-0.39, 0.29) is 31.1 Å². The number of carbonyl (C=O) groups is 3. The van der Waals surface area contributed by atoms with Crippen molar-refractivity contribution < 1.29 is 28.6 Å². The molecule has 0 heterocycles. The summed E-state index contributed by atoms with van der Waals surface area (Å²) in [5.41, 5.74) is 0. The SMILES string of the molecule is CCCCCCCCCCCCCC(=O)OC[C@@H](COC(=O)CCCCCCCCCCCCC(C)CC)OC(=O)CCCCCCCCCCC. The molecule has 0 N–H and O–H groups in total. The van der Waals surface area contributed by atoms with Gasteiger partial charge in [-0.3, -0.25) is 14.4 Å². The normalized spacial score (nSPS) is 12.5. The van der Waals surface area contributed by atoms with Crippen LogP contribution in [0.1, 0.15) is 252 Å². The topological polar surface area (TPSA) is 78.9 Å². The number of rotatable bonds is 41. The fraction of sp³-hybridized carbons (Fsp3) is 0.935. The lowest BCUT2D eigenvalue weighted by atomic mass is 9.99. The first kappa shape index (κ1) is 50.4. The largest absolute Gasteiger partial charge is 0.462 e. The van der Waals surface area contributed by atoms with Crippen LogP contribution >= 0.6 is 0 Å². The van der Waals surface area contributed by atoms with Gasteiger partial charge in [-0.1, -0.05) is 214 Å². The van der Waals surface area contributed by atoms with Gasteiger partial charge in [0.05, 0.1) is 0 Å². The molecular formula is C46H88O6. The monoisotopic (exact) mass is 737 g/mol.